The Morgan fingerprint density at radius 3 is 2.52 bits per heavy atom. The Hall–Kier alpha value is -1.84. The largest absolute Gasteiger partial charge is 0.494 e. The molecule has 160 valence electrons. The molecule has 1 heterocycles. The summed E-state index contributed by atoms with van der Waals surface area (Å²) in [6.45, 7) is 5.93. The van der Waals surface area contributed by atoms with E-state index in [4.69, 9.17) is 9.73 Å². The van der Waals surface area contributed by atoms with Crippen molar-refractivity contribution in [3.63, 3.8) is 0 Å². The van der Waals surface area contributed by atoms with Gasteiger partial charge in [-0.15, -0.1) is 34.2 Å². The minimum Gasteiger partial charge on any atom is -0.494 e. The highest BCUT2D eigenvalue weighted by molar-refractivity contribution is 14.0. The van der Waals surface area contributed by atoms with E-state index in [9.17, 15) is 0 Å². The second-order valence-corrected chi connectivity index (χ2v) is 7.42. The summed E-state index contributed by atoms with van der Waals surface area (Å²) < 4.78 is 7.53. The average molecular weight is 512 g/mol. The van der Waals surface area contributed by atoms with Crippen molar-refractivity contribution in [2.45, 2.75) is 58.7 Å². The smallest absolute Gasteiger partial charge is 0.194 e. The fraction of sp³-hybridized carbons (Fsp3) is 0.571. The van der Waals surface area contributed by atoms with Crippen molar-refractivity contribution in [3.8, 4) is 5.75 Å². The van der Waals surface area contributed by atoms with E-state index in [2.05, 4.69) is 39.6 Å². The number of hydrogen-bond donors (Lipinski definition) is 1. The van der Waals surface area contributed by atoms with Crippen molar-refractivity contribution >= 4 is 29.9 Å². The lowest BCUT2D eigenvalue weighted by Crippen LogP contribution is -2.43. The third-order valence-corrected chi connectivity index (χ3v) is 5.26. The number of halogens is 1. The van der Waals surface area contributed by atoms with E-state index in [-0.39, 0.29) is 24.0 Å². The summed E-state index contributed by atoms with van der Waals surface area (Å²) in [5.74, 6) is 3.60. The van der Waals surface area contributed by atoms with E-state index in [0.717, 1.165) is 29.9 Å². The van der Waals surface area contributed by atoms with Crippen LogP contribution in [0.5, 0.6) is 5.75 Å². The first-order chi connectivity index (χ1) is 13.6. The molecule has 29 heavy (non-hydrogen) atoms. The molecule has 0 amide bonds. The summed E-state index contributed by atoms with van der Waals surface area (Å²) in [6, 6.07) is 8.77. The topological polar surface area (TPSA) is 67.6 Å². The van der Waals surface area contributed by atoms with Crippen molar-refractivity contribution in [2.75, 3.05) is 13.7 Å². The van der Waals surface area contributed by atoms with Crippen LogP contribution in [0.1, 0.15) is 49.8 Å². The number of guanidine groups is 1. The highest BCUT2D eigenvalue weighted by Crippen LogP contribution is 2.18. The second-order valence-electron chi connectivity index (χ2n) is 7.42. The van der Waals surface area contributed by atoms with E-state index in [1.165, 1.54) is 31.2 Å². The SMILES string of the molecule is CCOc1ccc(CN(C)C(=NCc2nnc(C)n2C)NC2CCCC2)cc1.I. The molecule has 0 aliphatic heterocycles. The Morgan fingerprint density at radius 2 is 1.93 bits per heavy atom. The minimum atomic E-state index is 0. The van der Waals surface area contributed by atoms with E-state index in [1.54, 1.807) is 0 Å². The predicted molar refractivity (Wildman–Crippen MR) is 127 cm³/mol. The van der Waals surface area contributed by atoms with Gasteiger partial charge in [0, 0.05) is 26.7 Å². The number of rotatable bonds is 7. The molecule has 1 aliphatic rings. The van der Waals surface area contributed by atoms with Crippen LogP contribution in [-0.2, 0) is 20.1 Å². The maximum absolute atomic E-state index is 5.54. The van der Waals surface area contributed by atoms with Gasteiger partial charge in [0.1, 0.15) is 18.1 Å². The third kappa shape index (κ3) is 6.58. The molecule has 0 radical (unpaired) electrons. The van der Waals surface area contributed by atoms with E-state index in [0.29, 0.717) is 19.2 Å². The lowest BCUT2D eigenvalue weighted by molar-refractivity contribution is 0.340. The number of nitrogens with one attached hydrogen (secondary N) is 1. The molecule has 1 aliphatic carbocycles. The Morgan fingerprint density at radius 1 is 1.24 bits per heavy atom. The maximum atomic E-state index is 5.54. The van der Waals surface area contributed by atoms with Gasteiger partial charge in [-0.25, -0.2) is 4.99 Å². The van der Waals surface area contributed by atoms with Crippen molar-refractivity contribution in [1.82, 2.24) is 25.0 Å². The molecule has 1 N–H and O–H groups in total. The van der Waals surface area contributed by atoms with Crippen LogP contribution in [0.2, 0.25) is 0 Å². The summed E-state index contributed by atoms with van der Waals surface area (Å²) >= 11 is 0. The number of benzene rings is 1. The van der Waals surface area contributed by atoms with Gasteiger partial charge in [-0.1, -0.05) is 25.0 Å². The molecule has 1 aromatic carbocycles. The van der Waals surface area contributed by atoms with Gasteiger partial charge < -0.3 is 19.5 Å². The number of aromatic nitrogens is 3. The molecular weight excluding hydrogens is 479 g/mol. The Kier molecular flexibility index (Phi) is 9.19. The fourth-order valence-corrected chi connectivity index (χ4v) is 3.47. The first kappa shape index (κ1) is 23.4. The Bertz CT molecular complexity index is 783. The summed E-state index contributed by atoms with van der Waals surface area (Å²) in [4.78, 5) is 7.04. The first-order valence-electron chi connectivity index (χ1n) is 10.2. The van der Waals surface area contributed by atoms with Crippen molar-refractivity contribution in [3.05, 3.63) is 41.5 Å². The zero-order chi connectivity index (χ0) is 19.9. The van der Waals surface area contributed by atoms with Crippen LogP contribution in [0.15, 0.2) is 29.3 Å². The Balaban J connectivity index is 0.00000300. The quantitative estimate of drug-likeness (QED) is 0.349. The van der Waals surface area contributed by atoms with Crippen LogP contribution < -0.4 is 10.1 Å². The van der Waals surface area contributed by atoms with Crippen molar-refractivity contribution in [1.29, 1.82) is 0 Å². The molecule has 0 unspecified atom stereocenters. The lowest BCUT2D eigenvalue weighted by atomic mass is 10.2. The van der Waals surface area contributed by atoms with Gasteiger partial charge in [-0.05, 0) is 44.4 Å². The van der Waals surface area contributed by atoms with E-state index >= 15 is 0 Å². The zero-order valence-electron chi connectivity index (χ0n) is 17.9. The molecule has 1 fully saturated rings. The molecule has 0 bridgehead atoms. The van der Waals surface area contributed by atoms with Crippen LogP contribution in [0.4, 0.5) is 0 Å². The molecule has 1 aromatic heterocycles. The normalized spacial score (nSPS) is 14.6. The number of ether oxygens (including phenoxy) is 1. The predicted octanol–water partition coefficient (Wildman–Crippen LogP) is 3.66. The fourth-order valence-electron chi connectivity index (χ4n) is 3.47. The molecule has 0 saturated heterocycles. The van der Waals surface area contributed by atoms with Gasteiger partial charge >= 0.3 is 0 Å². The highest BCUT2D eigenvalue weighted by Gasteiger charge is 2.18. The summed E-state index contributed by atoms with van der Waals surface area (Å²) in [5, 5.41) is 12.0. The van der Waals surface area contributed by atoms with Gasteiger partial charge in [-0.3, -0.25) is 0 Å². The average Bonchev–Trinajstić information content (AvgIpc) is 3.31. The van der Waals surface area contributed by atoms with Crippen LogP contribution >= 0.6 is 24.0 Å². The first-order valence-corrected chi connectivity index (χ1v) is 10.2. The molecule has 8 heteroatoms. The van der Waals surface area contributed by atoms with Crippen molar-refractivity contribution < 1.29 is 4.74 Å². The summed E-state index contributed by atoms with van der Waals surface area (Å²) in [6.07, 6.45) is 4.99. The van der Waals surface area contributed by atoms with E-state index < -0.39 is 0 Å². The second kappa shape index (κ2) is 11.4. The molecular formula is C21H33IN6O. The van der Waals surface area contributed by atoms with Crippen LogP contribution in [0, 0.1) is 6.92 Å². The number of aliphatic imine (C=N–C) groups is 1. The van der Waals surface area contributed by atoms with Crippen molar-refractivity contribution in [2.24, 2.45) is 12.0 Å². The monoisotopic (exact) mass is 512 g/mol. The zero-order valence-corrected chi connectivity index (χ0v) is 20.2. The minimum absolute atomic E-state index is 0. The molecule has 3 rings (SSSR count). The standard InChI is InChI=1S/C21H32N6O.HI/c1-5-28-19-12-10-17(11-13-19)15-26(3)21(23-18-8-6-7-9-18)22-14-20-25-24-16(2)27(20)4;/h10-13,18H,5-9,14-15H2,1-4H3,(H,22,23);1H. The third-order valence-electron chi connectivity index (χ3n) is 5.26. The molecule has 2 aromatic rings. The van der Waals surface area contributed by atoms with Crippen LogP contribution in [0.3, 0.4) is 0 Å². The van der Waals surface area contributed by atoms with Gasteiger partial charge in [-0.2, -0.15) is 0 Å². The number of hydrogen-bond acceptors (Lipinski definition) is 4. The van der Waals surface area contributed by atoms with Gasteiger partial charge in [0.2, 0.25) is 0 Å². The highest BCUT2D eigenvalue weighted by atomic mass is 127. The molecule has 7 nitrogen and oxygen atoms in total. The van der Waals surface area contributed by atoms with E-state index in [1.807, 2.05) is 37.6 Å². The van der Waals surface area contributed by atoms with Crippen LogP contribution in [-0.4, -0.2) is 45.3 Å². The Labute approximate surface area is 191 Å². The van der Waals surface area contributed by atoms with Gasteiger partial charge in [0.25, 0.3) is 0 Å². The summed E-state index contributed by atoms with van der Waals surface area (Å²) in [7, 11) is 4.06. The lowest BCUT2D eigenvalue weighted by Gasteiger charge is -2.25. The molecule has 0 atom stereocenters. The van der Waals surface area contributed by atoms with Gasteiger partial charge in [0.05, 0.1) is 6.61 Å². The summed E-state index contributed by atoms with van der Waals surface area (Å²) in [5.41, 5.74) is 1.22. The molecule has 0 spiro atoms. The maximum Gasteiger partial charge on any atom is 0.194 e. The van der Waals surface area contributed by atoms with Gasteiger partial charge in [0.15, 0.2) is 11.8 Å². The van der Waals surface area contributed by atoms with Crippen LogP contribution in [0.25, 0.3) is 0 Å². The number of nitrogens with zero attached hydrogens (tertiary/aromatic N) is 5. The number of aryl methyl sites for hydroxylation is 1. The molecule has 1 saturated carbocycles.